The fourth-order valence-corrected chi connectivity index (χ4v) is 3.79. The highest BCUT2D eigenvalue weighted by Gasteiger charge is 2.32. The van der Waals surface area contributed by atoms with E-state index in [9.17, 15) is 9.59 Å². The average molecular weight is 389 g/mol. The molecule has 148 valence electrons. The second kappa shape index (κ2) is 8.31. The monoisotopic (exact) mass is 389 g/mol. The summed E-state index contributed by atoms with van der Waals surface area (Å²) in [4.78, 5) is 33.0. The van der Waals surface area contributed by atoms with Crippen molar-refractivity contribution in [2.75, 3.05) is 7.11 Å². The van der Waals surface area contributed by atoms with Crippen molar-refractivity contribution >= 4 is 16.8 Å². The molecule has 4 rings (SSSR count). The first-order chi connectivity index (χ1) is 14.2. The molecule has 6 heteroatoms. The Labute approximate surface area is 168 Å². The molecule has 1 aliphatic carbocycles. The molecular formula is C23H23N3O3. The van der Waals surface area contributed by atoms with E-state index in [2.05, 4.69) is 15.3 Å². The van der Waals surface area contributed by atoms with Crippen molar-refractivity contribution in [3.05, 3.63) is 82.4 Å². The normalized spacial score (nSPS) is 18.5. The number of amides is 1. The molecule has 1 aliphatic rings. The van der Waals surface area contributed by atoms with E-state index in [1.54, 1.807) is 13.2 Å². The maximum atomic E-state index is 13.0. The standard InChI is InChI=1S/C23H23N3O3/c1-29-16-8-6-7-15(13-16)14-24-22(27)18-10-3-2-9-17(18)21-25-20-12-5-4-11-19(20)23(28)26-21/h2-8,11-13,17-18H,9-10,14H2,1H3,(H,24,27)(H,25,26,28). The van der Waals surface area contributed by atoms with Crippen LogP contribution >= 0.6 is 0 Å². The minimum Gasteiger partial charge on any atom is -0.497 e. The van der Waals surface area contributed by atoms with Crippen LogP contribution in [0.1, 0.15) is 30.1 Å². The van der Waals surface area contributed by atoms with E-state index in [4.69, 9.17) is 4.74 Å². The van der Waals surface area contributed by atoms with Gasteiger partial charge in [0.05, 0.1) is 23.9 Å². The van der Waals surface area contributed by atoms with Gasteiger partial charge in [0.15, 0.2) is 0 Å². The van der Waals surface area contributed by atoms with E-state index in [0.717, 1.165) is 11.3 Å². The zero-order valence-electron chi connectivity index (χ0n) is 16.2. The smallest absolute Gasteiger partial charge is 0.258 e. The number of para-hydroxylation sites is 1. The van der Waals surface area contributed by atoms with Gasteiger partial charge in [-0.25, -0.2) is 4.98 Å². The number of allylic oxidation sites excluding steroid dienone is 2. The molecule has 6 nitrogen and oxygen atoms in total. The molecule has 0 spiro atoms. The highest BCUT2D eigenvalue weighted by molar-refractivity contribution is 5.80. The van der Waals surface area contributed by atoms with Crippen LogP contribution in [0.3, 0.4) is 0 Å². The van der Waals surface area contributed by atoms with Crippen molar-refractivity contribution in [3.63, 3.8) is 0 Å². The van der Waals surface area contributed by atoms with Gasteiger partial charge in [-0.1, -0.05) is 36.4 Å². The van der Waals surface area contributed by atoms with Crippen LogP contribution in [0.25, 0.3) is 10.9 Å². The minimum absolute atomic E-state index is 0.0435. The summed E-state index contributed by atoms with van der Waals surface area (Å²) in [6.45, 7) is 0.421. The van der Waals surface area contributed by atoms with E-state index in [1.165, 1.54) is 0 Å². The number of hydrogen-bond acceptors (Lipinski definition) is 4. The molecule has 1 aromatic heterocycles. The number of aromatic nitrogens is 2. The van der Waals surface area contributed by atoms with Crippen LogP contribution in [0.15, 0.2) is 65.5 Å². The lowest BCUT2D eigenvalue weighted by Gasteiger charge is -2.27. The topological polar surface area (TPSA) is 84.1 Å². The zero-order chi connectivity index (χ0) is 20.2. The number of nitrogens with zero attached hydrogens (tertiary/aromatic N) is 1. The van der Waals surface area contributed by atoms with Gasteiger partial charge in [0, 0.05) is 12.5 Å². The third-order valence-electron chi connectivity index (χ3n) is 5.35. The Morgan fingerprint density at radius 3 is 2.86 bits per heavy atom. The number of benzene rings is 2. The first kappa shape index (κ1) is 18.9. The van der Waals surface area contributed by atoms with Gasteiger partial charge in [0.1, 0.15) is 11.6 Å². The van der Waals surface area contributed by atoms with Crippen molar-refractivity contribution < 1.29 is 9.53 Å². The molecule has 0 radical (unpaired) electrons. The molecule has 0 saturated heterocycles. The molecule has 0 bridgehead atoms. The number of carbonyl (C=O) groups excluding carboxylic acids is 1. The number of nitrogens with one attached hydrogen (secondary N) is 2. The van der Waals surface area contributed by atoms with E-state index in [-0.39, 0.29) is 23.3 Å². The summed E-state index contributed by atoms with van der Waals surface area (Å²) in [7, 11) is 1.62. The van der Waals surface area contributed by atoms with Gasteiger partial charge in [-0.2, -0.15) is 0 Å². The van der Waals surface area contributed by atoms with Crippen molar-refractivity contribution in [2.45, 2.75) is 25.3 Å². The summed E-state index contributed by atoms with van der Waals surface area (Å²) >= 11 is 0. The molecule has 0 fully saturated rings. The second-order valence-corrected chi connectivity index (χ2v) is 7.19. The van der Waals surface area contributed by atoms with E-state index < -0.39 is 0 Å². The highest BCUT2D eigenvalue weighted by Crippen LogP contribution is 2.33. The lowest BCUT2D eigenvalue weighted by atomic mass is 9.81. The van der Waals surface area contributed by atoms with E-state index >= 15 is 0 Å². The summed E-state index contributed by atoms with van der Waals surface area (Å²) in [5.41, 5.74) is 1.45. The van der Waals surface area contributed by atoms with Crippen LogP contribution in [0.4, 0.5) is 0 Å². The van der Waals surface area contributed by atoms with Gasteiger partial charge in [-0.15, -0.1) is 0 Å². The summed E-state index contributed by atoms with van der Waals surface area (Å²) in [5, 5.41) is 3.58. The molecule has 0 saturated carbocycles. The van der Waals surface area contributed by atoms with Crippen LogP contribution in [-0.4, -0.2) is 23.0 Å². The molecule has 29 heavy (non-hydrogen) atoms. The number of rotatable bonds is 5. The van der Waals surface area contributed by atoms with Gasteiger partial charge in [0.2, 0.25) is 5.91 Å². The number of H-pyrrole nitrogens is 1. The zero-order valence-corrected chi connectivity index (χ0v) is 16.2. The van der Waals surface area contributed by atoms with Crippen molar-refractivity contribution in [1.82, 2.24) is 15.3 Å². The fraction of sp³-hybridized carbons (Fsp3) is 0.261. The summed E-state index contributed by atoms with van der Waals surface area (Å²) < 4.78 is 5.24. The van der Waals surface area contributed by atoms with Crippen LogP contribution in [0.2, 0.25) is 0 Å². The number of aromatic amines is 1. The van der Waals surface area contributed by atoms with Crippen molar-refractivity contribution in [1.29, 1.82) is 0 Å². The van der Waals surface area contributed by atoms with Crippen LogP contribution < -0.4 is 15.6 Å². The molecule has 2 aromatic carbocycles. The van der Waals surface area contributed by atoms with Gasteiger partial charge in [-0.3, -0.25) is 9.59 Å². The number of fused-ring (bicyclic) bond motifs is 1. The average Bonchev–Trinajstić information content (AvgIpc) is 2.77. The molecule has 2 atom stereocenters. The molecule has 1 heterocycles. The third kappa shape index (κ3) is 4.06. The summed E-state index contributed by atoms with van der Waals surface area (Å²) in [6, 6.07) is 14.9. The Morgan fingerprint density at radius 2 is 2.00 bits per heavy atom. The van der Waals surface area contributed by atoms with Gasteiger partial charge < -0.3 is 15.0 Å². The SMILES string of the molecule is COc1cccc(CNC(=O)C2CC=CCC2c2nc3ccccc3c(=O)[nH]2)c1. The molecule has 2 N–H and O–H groups in total. The maximum absolute atomic E-state index is 13.0. The van der Waals surface area contributed by atoms with Crippen LogP contribution in [-0.2, 0) is 11.3 Å². The van der Waals surface area contributed by atoms with Crippen LogP contribution in [0, 0.1) is 5.92 Å². The van der Waals surface area contributed by atoms with E-state index in [0.29, 0.717) is 36.1 Å². The van der Waals surface area contributed by atoms with Crippen molar-refractivity contribution in [3.8, 4) is 5.75 Å². The summed E-state index contributed by atoms with van der Waals surface area (Å²) in [6.07, 6.45) is 5.35. The third-order valence-corrected chi connectivity index (χ3v) is 5.35. The fourth-order valence-electron chi connectivity index (χ4n) is 3.79. The quantitative estimate of drug-likeness (QED) is 0.656. The molecule has 2 unspecified atom stereocenters. The maximum Gasteiger partial charge on any atom is 0.258 e. The lowest BCUT2D eigenvalue weighted by Crippen LogP contribution is -2.35. The van der Waals surface area contributed by atoms with Crippen LogP contribution in [0.5, 0.6) is 5.75 Å². The predicted octanol–water partition coefficient (Wildman–Crippen LogP) is 3.30. The highest BCUT2D eigenvalue weighted by atomic mass is 16.5. The Bertz CT molecular complexity index is 1120. The van der Waals surface area contributed by atoms with Gasteiger partial charge in [-0.05, 0) is 42.7 Å². The number of carbonyl (C=O) groups is 1. The van der Waals surface area contributed by atoms with Gasteiger partial charge in [0.25, 0.3) is 5.56 Å². The van der Waals surface area contributed by atoms with E-state index in [1.807, 2.05) is 54.6 Å². The lowest BCUT2D eigenvalue weighted by molar-refractivity contribution is -0.126. The first-order valence-corrected chi connectivity index (χ1v) is 9.70. The number of methoxy groups -OCH3 is 1. The van der Waals surface area contributed by atoms with Gasteiger partial charge >= 0.3 is 0 Å². The molecule has 3 aromatic rings. The largest absolute Gasteiger partial charge is 0.497 e. The number of hydrogen-bond donors (Lipinski definition) is 2. The Morgan fingerprint density at radius 1 is 1.17 bits per heavy atom. The summed E-state index contributed by atoms with van der Waals surface area (Å²) in [5.74, 6) is 0.836. The Hall–Kier alpha value is -3.41. The molecular weight excluding hydrogens is 366 g/mol. The second-order valence-electron chi connectivity index (χ2n) is 7.19. The molecule has 0 aliphatic heterocycles. The molecule has 1 amide bonds. The predicted molar refractivity (Wildman–Crippen MR) is 112 cm³/mol. The Balaban J connectivity index is 1.55. The number of ether oxygens (including phenoxy) is 1. The minimum atomic E-state index is -0.282. The first-order valence-electron chi connectivity index (χ1n) is 9.70. The van der Waals surface area contributed by atoms with Crippen molar-refractivity contribution in [2.24, 2.45) is 5.92 Å². The Kier molecular flexibility index (Phi) is 5.42.